The molecular formula is C12H21N5O. The van der Waals surface area contributed by atoms with Crippen molar-refractivity contribution in [2.24, 2.45) is 5.92 Å². The van der Waals surface area contributed by atoms with Crippen molar-refractivity contribution in [3.8, 4) is 6.01 Å². The number of ether oxygens (including phenoxy) is 1. The van der Waals surface area contributed by atoms with Crippen LogP contribution in [0.1, 0.15) is 26.7 Å². The molecule has 1 aliphatic carbocycles. The zero-order valence-electron chi connectivity index (χ0n) is 11.5. The fourth-order valence-corrected chi connectivity index (χ4v) is 1.78. The molecule has 1 saturated carbocycles. The Morgan fingerprint density at radius 1 is 1.33 bits per heavy atom. The first-order valence-corrected chi connectivity index (χ1v) is 6.38. The highest BCUT2D eigenvalue weighted by Crippen LogP contribution is 2.31. The Morgan fingerprint density at radius 2 is 2.06 bits per heavy atom. The fraction of sp³-hybridized carbons (Fsp3) is 0.750. The first-order valence-electron chi connectivity index (χ1n) is 6.38. The van der Waals surface area contributed by atoms with E-state index in [1.165, 1.54) is 12.8 Å². The number of nitrogens with one attached hydrogen (secondary N) is 1. The monoisotopic (exact) mass is 251 g/mol. The van der Waals surface area contributed by atoms with Crippen molar-refractivity contribution in [1.82, 2.24) is 15.0 Å². The van der Waals surface area contributed by atoms with Gasteiger partial charge in [-0.3, -0.25) is 0 Å². The van der Waals surface area contributed by atoms with E-state index in [1.54, 1.807) is 14.2 Å². The van der Waals surface area contributed by atoms with Gasteiger partial charge in [0.05, 0.1) is 7.11 Å². The molecule has 1 aromatic rings. The van der Waals surface area contributed by atoms with E-state index in [4.69, 9.17) is 4.74 Å². The maximum atomic E-state index is 5.12. The van der Waals surface area contributed by atoms with Crippen molar-refractivity contribution in [3.05, 3.63) is 0 Å². The Kier molecular flexibility index (Phi) is 3.84. The summed E-state index contributed by atoms with van der Waals surface area (Å²) in [6.07, 6.45) is 2.62. The summed E-state index contributed by atoms with van der Waals surface area (Å²) >= 11 is 0. The molecule has 0 atom stereocenters. The average Bonchev–Trinajstić information content (AvgIpc) is 3.18. The molecule has 0 aliphatic heterocycles. The highest BCUT2D eigenvalue weighted by atomic mass is 16.5. The third kappa shape index (κ3) is 3.00. The van der Waals surface area contributed by atoms with Gasteiger partial charge in [0.1, 0.15) is 0 Å². The van der Waals surface area contributed by atoms with Gasteiger partial charge in [-0.15, -0.1) is 0 Å². The minimum absolute atomic E-state index is 0.353. The van der Waals surface area contributed by atoms with Crippen LogP contribution in [0.5, 0.6) is 6.01 Å². The summed E-state index contributed by atoms with van der Waals surface area (Å²) in [7, 11) is 3.36. The van der Waals surface area contributed by atoms with Crippen molar-refractivity contribution in [3.63, 3.8) is 0 Å². The van der Waals surface area contributed by atoms with E-state index >= 15 is 0 Å². The highest BCUT2D eigenvalue weighted by molar-refractivity contribution is 5.39. The third-order valence-corrected chi connectivity index (χ3v) is 3.04. The number of anilines is 2. The van der Waals surface area contributed by atoms with Gasteiger partial charge in [-0.25, -0.2) is 0 Å². The minimum Gasteiger partial charge on any atom is -0.467 e. The molecule has 1 N–H and O–H groups in total. The summed E-state index contributed by atoms with van der Waals surface area (Å²) in [6.45, 7) is 5.31. The molecule has 0 bridgehead atoms. The van der Waals surface area contributed by atoms with Crippen LogP contribution < -0.4 is 15.0 Å². The lowest BCUT2D eigenvalue weighted by Crippen LogP contribution is -2.34. The number of methoxy groups -OCH3 is 1. The smallest absolute Gasteiger partial charge is 0.322 e. The van der Waals surface area contributed by atoms with Gasteiger partial charge in [-0.05, 0) is 32.6 Å². The number of nitrogens with zero attached hydrogens (tertiary/aromatic N) is 4. The first kappa shape index (κ1) is 12.9. The van der Waals surface area contributed by atoms with E-state index in [1.807, 2.05) is 0 Å². The standard InChI is InChI=1S/C12H21N5O/c1-8(2)17(7-9-5-6-9)11-14-10(13-3)15-12(16-11)18-4/h8-9H,5-7H2,1-4H3,(H,13,14,15,16). The largest absolute Gasteiger partial charge is 0.467 e. The second-order valence-electron chi connectivity index (χ2n) is 4.89. The van der Waals surface area contributed by atoms with Crippen LogP contribution in [0.25, 0.3) is 0 Å². The van der Waals surface area contributed by atoms with Crippen LogP contribution in [-0.4, -0.2) is 41.7 Å². The van der Waals surface area contributed by atoms with Crippen molar-refractivity contribution < 1.29 is 4.74 Å². The zero-order chi connectivity index (χ0) is 13.1. The molecule has 18 heavy (non-hydrogen) atoms. The molecule has 0 amide bonds. The first-order chi connectivity index (χ1) is 8.63. The molecule has 0 unspecified atom stereocenters. The van der Waals surface area contributed by atoms with Gasteiger partial charge < -0.3 is 15.0 Å². The molecule has 1 aliphatic rings. The van der Waals surface area contributed by atoms with Crippen LogP contribution in [0.15, 0.2) is 0 Å². The Balaban J connectivity index is 2.26. The lowest BCUT2D eigenvalue weighted by Gasteiger charge is -2.26. The second kappa shape index (κ2) is 5.37. The van der Waals surface area contributed by atoms with Crippen molar-refractivity contribution in [2.45, 2.75) is 32.7 Å². The minimum atomic E-state index is 0.353. The van der Waals surface area contributed by atoms with Crippen LogP contribution in [0.3, 0.4) is 0 Å². The van der Waals surface area contributed by atoms with Crippen LogP contribution in [0.2, 0.25) is 0 Å². The summed E-state index contributed by atoms with van der Waals surface area (Å²) in [5.41, 5.74) is 0. The highest BCUT2D eigenvalue weighted by Gasteiger charge is 2.27. The Hall–Kier alpha value is -1.59. The van der Waals surface area contributed by atoms with E-state index in [-0.39, 0.29) is 0 Å². The fourth-order valence-electron chi connectivity index (χ4n) is 1.78. The summed E-state index contributed by atoms with van der Waals surface area (Å²) in [4.78, 5) is 15.1. The normalized spacial score (nSPS) is 14.7. The van der Waals surface area contributed by atoms with E-state index in [0.717, 1.165) is 12.5 Å². The summed E-state index contributed by atoms with van der Waals surface area (Å²) in [5, 5.41) is 2.94. The Bertz CT molecular complexity index is 383. The maximum Gasteiger partial charge on any atom is 0.322 e. The molecular weight excluding hydrogens is 230 g/mol. The van der Waals surface area contributed by atoms with E-state index in [9.17, 15) is 0 Å². The van der Waals surface area contributed by atoms with E-state index in [0.29, 0.717) is 23.9 Å². The molecule has 0 radical (unpaired) electrons. The topological polar surface area (TPSA) is 63.2 Å². The predicted molar refractivity (Wildman–Crippen MR) is 71.1 cm³/mol. The lowest BCUT2D eigenvalue weighted by atomic mass is 10.3. The Morgan fingerprint density at radius 3 is 2.56 bits per heavy atom. The van der Waals surface area contributed by atoms with Crippen LogP contribution in [0, 0.1) is 5.92 Å². The Labute approximate surface area is 108 Å². The summed E-state index contributed by atoms with van der Waals surface area (Å²) in [6, 6.07) is 0.716. The second-order valence-corrected chi connectivity index (χ2v) is 4.89. The molecule has 6 heteroatoms. The molecule has 1 fully saturated rings. The van der Waals surface area contributed by atoms with Crippen LogP contribution in [0.4, 0.5) is 11.9 Å². The summed E-state index contributed by atoms with van der Waals surface area (Å²) < 4.78 is 5.12. The van der Waals surface area contributed by atoms with Crippen LogP contribution in [-0.2, 0) is 0 Å². The SMILES string of the molecule is CNc1nc(OC)nc(N(CC2CC2)C(C)C)n1. The van der Waals surface area contributed by atoms with E-state index in [2.05, 4.69) is 39.0 Å². The van der Waals surface area contributed by atoms with Crippen LogP contribution >= 0.6 is 0 Å². The molecule has 1 aromatic heterocycles. The molecule has 0 aromatic carbocycles. The lowest BCUT2D eigenvalue weighted by molar-refractivity contribution is 0.378. The van der Waals surface area contributed by atoms with Crippen molar-refractivity contribution in [2.75, 3.05) is 30.9 Å². The van der Waals surface area contributed by atoms with Gasteiger partial charge in [0.25, 0.3) is 0 Å². The van der Waals surface area contributed by atoms with Gasteiger partial charge in [0.15, 0.2) is 0 Å². The number of rotatable bonds is 6. The number of hydrogen-bond acceptors (Lipinski definition) is 6. The van der Waals surface area contributed by atoms with Crippen molar-refractivity contribution in [1.29, 1.82) is 0 Å². The van der Waals surface area contributed by atoms with E-state index < -0.39 is 0 Å². The molecule has 6 nitrogen and oxygen atoms in total. The molecule has 0 spiro atoms. The molecule has 1 heterocycles. The molecule has 2 rings (SSSR count). The quantitative estimate of drug-likeness (QED) is 0.827. The van der Waals surface area contributed by atoms with Gasteiger partial charge >= 0.3 is 6.01 Å². The maximum absolute atomic E-state index is 5.12. The van der Waals surface area contributed by atoms with Gasteiger partial charge in [-0.2, -0.15) is 15.0 Å². The predicted octanol–water partition coefficient (Wildman–Crippen LogP) is 1.55. The van der Waals surface area contributed by atoms with Gasteiger partial charge in [0.2, 0.25) is 11.9 Å². The number of aromatic nitrogens is 3. The van der Waals surface area contributed by atoms with Gasteiger partial charge in [-0.1, -0.05) is 0 Å². The zero-order valence-corrected chi connectivity index (χ0v) is 11.5. The average molecular weight is 251 g/mol. The third-order valence-electron chi connectivity index (χ3n) is 3.04. The van der Waals surface area contributed by atoms with Crippen molar-refractivity contribution >= 4 is 11.9 Å². The summed E-state index contributed by atoms with van der Waals surface area (Å²) in [5.74, 6) is 2.01. The molecule has 100 valence electrons. The molecule has 0 saturated heterocycles. The van der Waals surface area contributed by atoms with Gasteiger partial charge in [0, 0.05) is 19.6 Å². The number of hydrogen-bond donors (Lipinski definition) is 1.